The Morgan fingerprint density at radius 3 is 3.04 bits per heavy atom. The average Bonchev–Trinajstić information content (AvgIpc) is 3.12. The molecule has 1 unspecified atom stereocenters. The van der Waals surface area contributed by atoms with Crippen molar-refractivity contribution in [2.45, 2.75) is 24.9 Å². The monoisotopic (exact) mass is 332 g/mol. The third kappa shape index (κ3) is 2.26. The van der Waals surface area contributed by atoms with Crippen LogP contribution in [0.4, 0.5) is 9.52 Å². The fraction of sp³-hybridized carbons (Fsp3) is 0.500. The summed E-state index contributed by atoms with van der Waals surface area (Å²) in [6.07, 6.45) is 3.21. The largest absolute Gasteiger partial charge is 0.300 e. The van der Waals surface area contributed by atoms with Crippen LogP contribution in [0.15, 0.2) is 23.2 Å². The molecular weight excluding hydrogens is 315 g/mol. The minimum Gasteiger partial charge on any atom is -0.300 e. The van der Waals surface area contributed by atoms with Crippen LogP contribution in [-0.4, -0.2) is 41.0 Å². The smallest absolute Gasteiger partial charge is 0.211 e. The summed E-state index contributed by atoms with van der Waals surface area (Å²) in [5.74, 6) is 1.17. The van der Waals surface area contributed by atoms with Gasteiger partial charge in [-0.25, -0.2) is 14.4 Å². The van der Waals surface area contributed by atoms with Crippen LogP contribution >= 0.6 is 11.3 Å². The Bertz CT molecular complexity index is 798. The molecule has 120 valence electrons. The van der Waals surface area contributed by atoms with Crippen LogP contribution in [0, 0.1) is 11.7 Å². The van der Waals surface area contributed by atoms with E-state index in [2.05, 4.69) is 20.4 Å². The third-order valence-electron chi connectivity index (χ3n) is 5.23. The van der Waals surface area contributed by atoms with Gasteiger partial charge < -0.3 is 4.90 Å². The molecule has 23 heavy (non-hydrogen) atoms. The van der Waals surface area contributed by atoms with Gasteiger partial charge in [-0.3, -0.25) is 10.3 Å². The molecule has 4 aliphatic heterocycles. The molecule has 6 rings (SSSR count). The van der Waals surface area contributed by atoms with E-state index in [0.717, 1.165) is 23.5 Å². The van der Waals surface area contributed by atoms with Gasteiger partial charge in [0, 0.05) is 19.0 Å². The summed E-state index contributed by atoms with van der Waals surface area (Å²) in [7, 11) is 0. The zero-order valence-corrected chi connectivity index (χ0v) is 13.4. The van der Waals surface area contributed by atoms with E-state index in [-0.39, 0.29) is 11.4 Å². The summed E-state index contributed by atoms with van der Waals surface area (Å²) >= 11 is 1.47. The maximum atomic E-state index is 13.3. The highest BCUT2D eigenvalue weighted by atomic mass is 32.1. The van der Waals surface area contributed by atoms with E-state index in [4.69, 9.17) is 4.84 Å². The summed E-state index contributed by atoms with van der Waals surface area (Å²) in [6, 6.07) is 4.65. The molecule has 2 aromatic rings. The number of halogens is 1. The van der Waals surface area contributed by atoms with Crippen LogP contribution in [0.5, 0.6) is 0 Å². The van der Waals surface area contributed by atoms with Gasteiger partial charge >= 0.3 is 0 Å². The number of aliphatic imine (C=N–C) groups is 1. The van der Waals surface area contributed by atoms with E-state index in [1.807, 2.05) is 0 Å². The van der Waals surface area contributed by atoms with Crippen LogP contribution in [0.25, 0.3) is 10.2 Å². The molecule has 2 bridgehead atoms. The number of aromatic nitrogens is 1. The van der Waals surface area contributed by atoms with Crippen molar-refractivity contribution >= 4 is 32.5 Å². The van der Waals surface area contributed by atoms with E-state index in [1.54, 1.807) is 6.07 Å². The zero-order valence-electron chi connectivity index (χ0n) is 12.6. The molecule has 1 spiro atoms. The number of benzene rings is 1. The molecule has 0 aliphatic carbocycles. The Hall–Kier alpha value is -1.57. The number of piperidine rings is 3. The summed E-state index contributed by atoms with van der Waals surface area (Å²) in [5.41, 5.74) is 3.55. The van der Waals surface area contributed by atoms with Gasteiger partial charge in [0.2, 0.25) is 5.13 Å². The van der Waals surface area contributed by atoms with Crippen molar-refractivity contribution in [3.8, 4) is 0 Å². The Morgan fingerprint density at radius 1 is 1.39 bits per heavy atom. The molecule has 1 aromatic heterocycles. The number of hydrogen-bond acceptors (Lipinski definition) is 5. The number of thiazole rings is 1. The first kappa shape index (κ1) is 13.8. The minimum absolute atomic E-state index is 0.127. The highest BCUT2D eigenvalue weighted by Crippen LogP contribution is 2.42. The fourth-order valence-corrected chi connectivity index (χ4v) is 4.91. The Morgan fingerprint density at radius 2 is 2.26 bits per heavy atom. The van der Waals surface area contributed by atoms with E-state index >= 15 is 0 Å². The van der Waals surface area contributed by atoms with E-state index < -0.39 is 0 Å². The predicted molar refractivity (Wildman–Crippen MR) is 87.4 cm³/mol. The van der Waals surface area contributed by atoms with Crippen LogP contribution in [0.2, 0.25) is 0 Å². The lowest BCUT2D eigenvalue weighted by Crippen LogP contribution is -2.59. The Labute approximate surface area is 137 Å². The molecule has 0 saturated carbocycles. The lowest BCUT2D eigenvalue weighted by atomic mass is 9.74. The lowest BCUT2D eigenvalue weighted by molar-refractivity contribution is -0.150. The lowest BCUT2D eigenvalue weighted by Gasteiger charge is -2.49. The second-order valence-electron chi connectivity index (χ2n) is 6.66. The second-order valence-corrected chi connectivity index (χ2v) is 7.67. The highest BCUT2D eigenvalue weighted by molar-refractivity contribution is 7.22. The number of hydrogen-bond donors (Lipinski definition) is 1. The number of fused-ring (bicyclic) bond motifs is 3. The number of nitrogens with zero attached hydrogens (tertiary/aromatic N) is 3. The molecule has 7 heteroatoms. The molecule has 4 saturated heterocycles. The van der Waals surface area contributed by atoms with Gasteiger partial charge in [-0.05, 0) is 44.0 Å². The van der Waals surface area contributed by atoms with Crippen molar-refractivity contribution in [1.82, 2.24) is 15.4 Å². The number of rotatable bonds is 1. The molecule has 0 radical (unpaired) electrons. The predicted octanol–water partition coefficient (Wildman–Crippen LogP) is 2.85. The first-order valence-corrected chi connectivity index (χ1v) is 8.82. The van der Waals surface area contributed by atoms with Crippen molar-refractivity contribution in [2.24, 2.45) is 10.9 Å². The van der Waals surface area contributed by atoms with Crippen molar-refractivity contribution in [3.05, 3.63) is 24.0 Å². The van der Waals surface area contributed by atoms with Gasteiger partial charge in [-0.2, -0.15) is 0 Å². The Kier molecular flexibility index (Phi) is 2.98. The minimum atomic E-state index is -0.268. The van der Waals surface area contributed by atoms with Crippen LogP contribution in [0.3, 0.4) is 0 Å². The van der Waals surface area contributed by atoms with Gasteiger partial charge in [0.15, 0.2) is 0 Å². The second kappa shape index (κ2) is 4.96. The number of hydroxylamine groups is 1. The van der Waals surface area contributed by atoms with Crippen molar-refractivity contribution < 1.29 is 9.23 Å². The van der Waals surface area contributed by atoms with E-state index in [0.29, 0.717) is 16.6 Å². The SMILES string of the molecule is Fc1ccc2sc(/N=C3/CC4(CN5CCC4CC5)ON3)nc2c1. The standard InChI is InChI=1S/C16H17FN4OS/c17-11-1-2-13-12(7-11)18-15(23-13)19-14-8-16(22-20-14)9-21-5-3-10(16)4-6-21/h1-2,7,10H,3-6,8-9H2,(H,18,19,20). The molecule has 4 fully saturated rings. The maximum absolute atomic E-state index is 13.3. The first-order valence-electron chi connectivity index (χ1n) is 8.00. The van der Waals surface area contributed by atoms with Crippen LogP contribution < -0.4 is 5.48 Å². The number of nitrogens with one attached hydrogen (secondary N) is 1. The number of amidine groups is 1. The fourth-order valence-electron chi connectivity index (χ4n) is 4.07. The summed E-state index contributed by atoms with van der Waals surface area (Å²) in [4.78, 5) is 17.5. The zero-order chi connectivity index (χ0) is 15.4. The summed E-state index contributed by atoms with van der Waals surface area (Å²) < 4.78 is 14.2. The summed E-state index contributed by atoms with van der Waals surface area (Å²) in [5, 5.41) is 0.648. The first-order chi connectivity index (χ1) is 11.2. The average molecular weight is 332 g/mol. The van der Waals surface area contributed by atoms with Crippen molar-refractivity contribution in [2.75, 3.05) is 19.6 Å². The molecule has 1 N–H and O–H groups in total. The van der Waals surface area contributed by atoms with Gasteiger partial charge in [0.1, 0.15) is 17.3 Å². The Balaban J connectivity index is 1.42. The molecule has 0 amide bonds. The molecule has 4 aliphatic rings. The molecule has 5 heterocycles. The van der Waals surface area contributed by atoms with Crippen LogP contribution in [0.1, 0.15) is 19.3 Å². The van der Waals surface area contributed by atoms with E-state index in [1.165, 1.54) is 49.4 Å². The quantitative estimate of drug-likeness (QED) is 0.872. The topological polar surface area (TPSA) is 49.8 Å². The third-order valence-corrected chi connectivity index (χ3v) is 6.16. The van der Waals surface area contributed by atoms with Gasteiger partial charge in [0.05, 0.1) is 10.2 Å². The van der Waals surface area contributed by atoms with Crippen molar-refractivity contribution in [1.29, 1.82) is 0 Å². The van der Waals surface area contributed by atoms with Gasteiger partial charge in [-0.15, -0.1) is 0 Å². The normalized spacial score (nSPS) is 34.6. The maximum Gasteiger partial charge on any atom is 0.211 e. The summed E-state index contributed by atoms with van der Waals surface area (Å²) in [6.45, 7) is 3.35. The van der Waals surface area contributed by atoms with Gasteiger partial charge in [-0.1, -0.05) is 11.3 Å². The molecule has 5 nitrogen and oxygen atoms in total. The molecular formula is C16H17FN4OS. The molecule has 1 atom stereocenters. The molecule has 1 aromatic carbocycles. The van der Waals surface area contributed by atoms with Crippen molar-refractivity contribution in [3.63, 3.8) is 0 Å². The van der Waals surface area contributed by atoms with Gasteiger partial charge in [0.25, 0.3) is 0 Å². The van der Waals surface area contributed by atoms with Crippen LogP contribution in [-0.2, 0) is 4.84 Å². The highest BCUT2D eigenvalue weighted by Gasteiger charge is 2.52. The van der Waals surface area contributed by atoms with E-state index in [9.17, 15) is 4.39 Å².